The molecule has 0 bridgehead atoms. The molecule has 0 saturated heterocycles. The highest BCUT2D eigenvalue weighted by molar-refractivity contribution is 6.30. The quantitative estimate of drug-likeness (QED) is 0.819. The maximum Gasteiger partial charge on any atom is 0.310 e. The molecule has 0 aromatic carbocycles. The van der Waals surface area contributed by atoms with E-state index in [-0.39, 0.29) is 18.2 Å². The molecule has 1 amide bonds. The predicted octanol–water partition coefficient (Wildman–Crippen LogP) is 3.12. The van der Waals surface area contributed by atoms with Crippen molar-refractivity contribution < 1.29 is 14.7 Å². The van der Waals surface area contributed by atoms with Gasteiger partial charge in [0.15, 0.2) is 0 Å². The zero-order chi connectivity index (χ0) is 15.5. The Morgan fingerprint density at radius 2 is 2.10 bits per heavy atom. The van der Waals surface area contributed by atoms with Crippen molar-refractivity contribution in [1.82, 2.24) is 4.98 Å². The van der Waals surface area contributed by atoms with Crippen LogP contribution in [0.1, 0.15) is 32.8 Å². The van der Waals surface area contributed by atoms with E-state index in [0.717, 1.165) is 5.56 Å². The molecule has 0 spiro atoms. The largest absolute Gasteiger partial charge is 0.481 e. The van der Waals surface area contributed by atoms with E-state index >= 15 is 0 Å². The predicted molar refractivity (Wildman–Crippen MR) is 77.8 cm³/mol. The van der Waals surface area contributed by atoms with Crippen LogP contribution in [0.15, 0.2) is 12.3 Å². The summed E-state index contributed by atoms with van der Waals surface area (Å²) >= 11 is 5.81. The number of anilines is 1. The van der Waals surface area contributed by atoms with E-state index in [9.17, 15) is 14.7 Å². The number of carboxylic acid groups (broad SMARTS) is 1. The molecule has 1 unspecified atom stereocenters. The summed E-state index contributed by atoms with van der Waals surface area (Å²) in [6, 6.07) is 1.70. The Balaban J connectivity index is 2.81. The number of hydrogen-bond donors (Lipinski definition) is 2. The van der Waals surface area contributed by atoms with Crippen LogP contribution in [0.4, 0.5) is 5.69 Å². The van der Waals surface area contributed by atoms with Crippen LogP contribution in [0.5, 0.6) is 0 Å². The molecule has 5 nitrogen and oxygen atoms in total. The molecule has 110 valence electrons. The molecule has 0 aliphatic heterocycles. The third kappa shape index (κ3) is 3.70. The first-order valence-corrected chi connectivity index (χ1v) is 6.70. The van der Waals surface area contributed by atoms with Crippen molar-refractivity contribution >= 4 is 29.2 Å². The number of amides is 1. The Morgan fingerprint density at radius 1 is 1.50 bits per heavy atom. The standard InChI is InChI=1S/C14H19ClN2O3/c1-8(2)14(4,13(19)20)6-11(18)17-10-5-9(3)12(15)16-7-10/h5,7-8H,6H2,1-4H3,(H,17,18)(H,19,20). The van der Waals surface area contributed by atoms with Crippen molar-refractivity contribution in [3.05, 3.63) is 23.0 Å². The fourth-order valence-corrected chi connectivity index (χ4v) is 1.80. The first kappa shape index (κ1) is 16.4. The van der Waals surface area contributed by atoms with Gasteiger partial charge in [-0.1, -0.05) is 25.4 Å². The number of rotatable bonds is 5. The fraction of sp³-hybridized carbons (Fsp3) is 0.500. The van der Waals surface area contributed by atoms with Crippen LogP contribution in [0.2, 0.25) is 5.15 Å². The Morgan fingerprint density at radius 3 is 2.55 bits per heavy atom. The maximum absolute atomic E-state index is 12.0. The molecular weight excluding hydrogens is 280 g/mol. The Labute approximate surface area is 123 Å². The Hall–Kier alpha value is -1.62. The molecule has 1 rings (SSSR count). The van der Waals surface area contributed by atoms with E-state index < -0.39 is 11.4 Å². The van der Waals surface area contributed by atoms with Gasteiger partial charge in [0.1, 0.15) is 5.15 Å². The zero-order valence-corrected chi connectivity index (χ0v) is 12.8. The lowest BCUT2D eigenvalue weighted by molar-refractivity contribution is -0.153. The van der Waals surface area contributed by atoms with Crippen LogP contribution in [-0.2, 0) is 9.59 Å². The van der Waals surface area contributed by atoms with E-state index in [2.05, 4.69) is 10.3 Å². The monoisotopic (exact) mass is 298 g/mol. The van der Waals surface area contributed by atoms with Gasteiger partial charge in [-0.05, 0) is 31.4 Å². The summed E-state index contributed by atoms with van der Waals surface area (Å²) in [7, 11) is 0. The molecule has 0 radical (unpaired) electrons. The van der Waals surface area contributed by atoms with Crippen LogP contribution in [-0.4, -0.2) is 22.0 Å². The molecule has 1 aromatic heterocycles. The summed E-state index contributed by atoms with van der Waals surface area (Å²) in [5.74, 6) is -1.49. The van der Waals surface area contributed by atoms with Gasteiger partial charge in [0.25, 0.3) is 0 Å². The summed E-state index contributed by atoms with van der Waals surface area (Å²) in [5, 5.41) is 12.3. The fourth-order valence-electron chi connectivity index (χ4n) is 1.69. The number of aryl methyl sites for hydroxylation is 1. The Bertz CT molecular complexity index is 531. The number of aliphatic carboxylic acids is 1. The first-order valence-electron chi connectivity index (χ1n) is 6.32. The Kier molecular flexibility index (Phi) is 5.11. The van der Waals surface area contributed by atoms with E-state index in [4.69, 9.17) is 11.6 Å². The molecule has 1 aromatic rings. The normalized spacial score (nSPS) is 13.9. The average molecular weight is 299 g/mol. The van der Waals surface area contributed by atoms with E-state index in [1.54, 1.807) is 33.8 Å². The minimum Gasteiger partial charge on any atom is -0.481 e. The maximum atomic E-state index is 12.0. The summed E-state index contributed by atoms with van der Waals surface area (Å²) in [4.78, 5) is 27.3. The van der Waals surface area contributed by atoms with Crippen LogP contribution in [0.25, 0.3) is 0 Å². The summed E-state index contributed by atoms with van der Waals surface area (Å²) in [5.41, 5.74) is 0.154. The number of pyridine rings is 1. The minimum atomic E-state index is -1.10. The van der Waals surface area contributed by atoms with Crippen molar-refractivity contribution in [2.45, 2.75) is 34.1 Å². The molecule has 20 heavy (non-hydrogen) atoms. The molecule has 6 heteroatoms. The number of carboxylic acids is 1. The van der Waals surface area contributed by atoms with Gasteiger partial charge in [-0.25, -0.2) is 4.98 Å². The number of halogens is 1. The summed E-state index contributed by atoms with van der Waals surface area (Å²) < 4.78 is 0. The van der Waals surface area contributed by atoms with Crippen molar-refractivity contribution in [2.75, 3.05) is 5.32 Å². The second-order valence-electron chi connectivity index (χ2n) is 5.43. The van der Waals surface area contributed by atoms with Gasteiger partial charge in [-0.2, -0.15) is 0 Å². The van der Waals surface area contributed by atoms with Gasteiger partial charge in [0.05, 0.1) is 17.3 Å². The number of carbonyl (C=O) groups is 2. The highest BCUT2D eigenvalue weighted by atomic mass is 35.5. The summed E-state index contributed by atoms with van der Waals surface area (Å²) in [6.45, 7) is 6.93. The van der Waals surface area contributed by atoms with Gasteiger partial charge >= 0.3 is 5.97 Å². The average Bonchev–Trinajstić information content (AvgIpc) is 2.33. The van der Waals surface area contributed by atoms with Crippen LogP contribution in [0.3, 0.4) is 0 Å². The highest BCUT2D eigenvalue weighted by Gasteiger charge is 2.38. The number of hydrogen-bond acceptors (Lipinski definition) is 3. The molecule has 0 fully saturated rings. The number of nitrogens with zero attached hydrogens (tertiary/aromatic N) is 1. The van der Waals surface area contributed by atoms with Gasteiger partial charge in [-0.3, -0.25) is 9.59 Å². The molecule has 2 N–H and O–H groups in total. The number of nitrogens with one attached hydrogen (secondary N) is 1. The molecule has 0 aliphatic carbocycles. The SMILES string of the molecule is Cc1cc(NC(=O)CC(C)(C(=O)O)C(C)C)cnc1Cl. The highest BCUT2D eigenvalue weighted by Crippen LogP contribution is 2.31. The number of aromatic nitrogens is 1. The van der Waals surface area contributed by atoms with E-state index in [1.165, 1.54) is 6.20 Å². The second-order valence-corrected chi connectivity index (χ2v) is 5.79. The van der Waals surface area contributed by atoms with Crippen molar-refractivity contribution in [3.63, 3.8) is 0 Å². The van der Waals surface area contributed by atoms with Gasteiger partial charge in [-0.15, -0.1) is 0 Å². The lowest BCUT2D eigenvalue weighted by Crippen LogP contribution is -2.37. The first-order chi connectivity index (χ1) is 9.16. The van der Waals surface area contributed by atoms with E-state index in [0.29, 0.717) is 10.8 Å². The minimum absolute atomic E-state index is 0.0956. The van der Waals surface area contributed by atoms with Gasteiger partial charge < -0.3 is 10.4 Å². The topological polar surface area (TPSA) is 79.3 Å². The van der Waals surface area contributed by atoms with Crippen LogP contribution < -0.4 is 5.32 Å². The summed E-state index contributed by atoms with van der Waals surface area (Å²) in [6.07, 6.45) is 1.35. The lowest BCUT2D eigenvalue weighted by atomic mass is 9.76. The molecular formula is C14H19ClN2O3. The lowest BCUT2D eigenvalue weighted by Gasteiger charge is -2.28. The van der Waals surface area contributed by atoms with Crippen LogP contribution >= 0.6 is 11.6 Å². The van der Waals surface area contributed by atoms with Crippen molar-refractivity contribution in [3.8, 4) is 0 Å². The van der Waals surface area contributed by atoms with Crippen molar-refractivity contribution in [1.29, 1.82) is 0 Å². The number of carbonyl (C=O) groups excluding carboxylic acids is 1. The van der Waals surface area contributed by atoms with Crippen molar-refractivity contribution in [2.24, 2.45) is 11.3 Å². The molecule has 1 atom stereocenters. The molecule has 0 aliphatic rings. The van der Waals surface area contributed by atoms with Gasteiger partial charge in [0, 0.05) is 6.42 Å². The molecule has 0 saturated carbocycles. The third-order valence-electron chi connectivity index (χ3n) is 3.59. The zero-order valence-electron chi connectivity index (χ0n) is 12.0. The second kappa shape index (κ2) is 6.22. The van der Waals surface area contributed by atoms with E-state index in [1.807, 2.05) is 0 Å². The van der Waals surface area contributed by atoms with Crippen LogP contribution in [0, 0.1) is 18.3 Å². The smallest absolute Gasteiger partial charge is 0.310 e. The van der Waals surface area contributed by atoms with Gasteiger partial charge in [0.2, 0.25) is 5.91 Å². The molecule has 1 heterocycles. The third-order valence-corrected chi connectivity index (χ3v) is 3.98.